The molecule has 0 radical (unpaired) electrons. The number of hydrogen-bond donors (Lipinski definition) is 1. The molecule has 0 saturated carbocycles. The van der Waals surface area contributed by atoms with Gasteiger partial charge in [0.2, 0.25) is 5.91 Å². The highest BCUT2D eigenvalue weighted by Crippen LogP contribution is 2.65. The SMILES string of the molecule is N#CC1(C#N)[C@@H](c2ccccc2Cl)CC2=C(C(=O)C[C@@H](c3ccccc3Cl)O2)[C@]12C(=O)Nc1ccccc12. The molecule has 6 nitrogen and oxygen atoms in total. The summed E-state index contributed by atoms with van der Waals surface area (Å²) in [7, 11) is 0. The van der Waals surface area contributed by atoms with Crippen molar-refractivity contribution in [3.63, 3.8) is 0 Å². The van der Waals surface area contributed by atoms with Gasteiger partial charge in [-0.3, -0.25) is 9.59 Å². The van der Waals surface area contributed by atoms with Crippen molar-refractivity contribution < 1.29 is 14.3 Å². The molecule has 1 spiro atoms. The highest BCUT2D eigenvalue weighted by Gasteiger charge is 2.72. The van der Waals surface area contributed by atoms with E-state index in [9.17, 15) is 20.1 Å². The van der Waals surface area contributed by atoms with Gasteiger partial charge in [-0.2, -0.15) is 10.5 Å². The second-order valence-electron chi connectivity index (χ2n) is 9.61. The summed E-state index contributed by atoms with van der Waals surface area (Å²) < 4.78 is 6.48. The lowest BCUT2D eigenvalue weighted by Crippen LogP contribution is -2.58. The number of amides is 1. The third kappa shape index (κ3) is 3.05. The topological polar surface area (TPSA) is 103 Å². The van der Waals surface area contributed by atoms with Crippen LogP contribution in [0.25, 0.3) is 0 Å². The van der Waals surface area contributed by atoms with E-state index in [1.54, 1.807) is 66.7 Å². The van der Waals surface area contributed by atoms with Crippen LogP contribution in [0.4, 0.5) is 5.69 Å². The average Bonchev–Trinajstić information content (AvgIpc) is 3.21. The van der Waals surface area contributed by atoms with Crippen LogP contribution in [0, 0.1) is 28.1 Å². The number of halogens is 2. The number of ketones is 1. The Labute approximate surface area is 229 Å². The van der Waals surface area contributed by atoms with Crippen LogP contribution in [0.15, 0.2) is 84.1 Å². The van der Waals surface area contributed by atoms with Gasteiger partial charge in [0.05, 0.1) is 24.1 Å². The quantitative estimate of drug-likeness (QED) is 0.406. The van der Waals surface area contributed by atoms with Crippen LogP contribution in [-0.2, 0) is 19.7 Å². The van der Waals surface area contributed by atoms with E-state index in [-0.39, 0.29) is 30.0 Å². The highest BCUT2D eigenvalue weighted by atomic mass is 35.5. The van der Waals surface area contributed by atoms with E-state index in [4.69, 9.17) is 27.9 Å². The Kier molecular flexibility index (Phi) is 5.58. The zero-order valence-electron chi connectivity index (χ0n) is 19.9. The van der Waals surface area contributed by atoms with Gasteiger partial charge >= 0.3 is 0 Å². The summed E-state index contributed by atoms with van der Waals surface area (Å²) in [6.07, 6.45) is -0.747. The number of para-hydroxylation sites is 1. The van der Waals surface area contributed by atoms with Crippen molar-refractivity contribution in [2.45, 2.75) is 30.3 Å². The summed E-state index contributed by atoms with van der Waals surface area (Å²) in [5.41, 5.74) is -1.86. The third-order valence-corrected chi connectivity index (χ3v) is 8.59. The van der Waals surface area contributed by atoms with Crippen LogP contribution in [0.2, 0.25) is 10.0 Å². The van der Waals surface area contributed by atoms with Crippen LogP contribution in [-0.4, -0.2) is 11.7 Å². The smallest absolute Gasteiger partial charge is 0.242 e. The third-order valence-electron chi connectivity index (χ3n) is 7.90. The van der Waals surface area contributed by atoms with Gasteiger partial charge < -0.3 is 10.1 Å². The molecule has 3 atom stereocenters. The molecule has 2 heterocycles. The number of benzene rings is 3. The molecule has 2 aliphatic heterocycles. The Morgan fingerprint density at radius 1 is 0.842 bits per heavy atom. The lowest BCUT2D eigenvalue weighted by Gasteiger charge is -2.50. The predicted octanol–water partition coefficient (Wildman–Crippen LogP) is 6.39. The van der Waals surface area contributed by atoms with Gasteiger partial charge in [0.25, 0.3) is 0 Å². The van der Waals surface area contributed by atoms with Crippen LogP contribution in [0.3, 0.4) is 0 Å². The van der Waals surface area contributed by atoms with Gasteiger partial charge in [-0.15, -0.1) is 0 Å². The van der Waals surface area contributed by atoms with Crippen molar-refractivity contribution in [1.82, 2.24) is 0 Å². The molecule has 1 amide bonds. The molecule has 0 saturated heterocycles. The molecule has 0 bridgehead atoms. The van der Waals surface area contributed by atoms with Crippen molar-refractivity contribution in [1.29, 1.82) is 10.5 Å². The standard InChI is InChI=1S/C30H19Cl2N3O3/c31-21-10-4-1-7-17(21)20-13-26-27(24(36)14-25(38-26)18-8-2-5-11-22(18)32)30(29(20,15-33)16-34)19-9-3-6-12-23(19)35-28(30)37/h1-12,20,25H,13-14H2,(H,35,37)/t20-,25+,30-/m1/s1. The molecule has 0 unspecified atom stereocenters. The van der Waals surface area contributed by atoms with E-state index >= 15 is 0 Å². The van der Waals surface area contributed by atoms with E-state index in [1.807, 2.05) is 6.07 Å². The highest BCUT2D eigenvalue weighted by molar-refractivity contribution is 6.32. The second kappa shape index (κ2) is 8.74. The number of allylic oxidation sites excluding steroid dienone is 1. The van der Waals surface area contributed by atoms with E-state index in [0.29, 0.717) is 32.4 Å². The minimum Gasteiger partial charge on any atom is -0.489 e. The van der Waals surface area contributed by atoms with Gasteiger partial charge in [-0.05, 0) is 29.3 Å². The lowest BCUT2D eigenvalue weighted by molar-refractivity contribution is -0.129. The monoisotopic (exact) mass is 539 g/mol. The Hall–Kier alpha value is -4.10. The number of hydrogen-bond acceptors (Lipinski definition) is 5. The predicted molar refractivity (Wildman–Crippen MR) is 141 cm³/mol. The Bertz CT molecular complexity index is 1640. The molecule has 1 N–H and O–H groups in total. The van der Waals surface area contributed by atoms with Gasteiger partial charge in [0.1, 0.15) is 17.3 Å². The van der Waals surface area contributed by atoms with Gasteiger partial charge in [-0.1, -0.05) is 77.8 Å². The van der Waals surface area contributed by atoms with Gasteiger partial charge in [0, 0.05) is 33.6 Å². The summed E-state index contributed by atoms with van der Waals surface area (Å²) in [5.74, 6) is -1.58. The molecule has 0 aromatic heterocycles. The summed E-state index contributed by atoms with van der Waals surface area (Å²) in [6, 6.07) is 25.3. The molecule has 0 fully saturated rings. The number of nitriles is 2. The molecule has 8 heteroatoms. The maximum Gasteiger partial charge on any atom is 0.242 e. The normalized spacial score (nSPS) is 25.1. The Morgan fingerprint density at radius 3 is 2.11 bits per heavy atom. The number of carbonyl (C=O) groups excluding carboxylic acids is 2. The molecule has 186 valence electrons. The van der Waals surface area contributed by atoms with Crippen LogP contribution < -0.4 is 5.32 Å². The fraction of sp³-hybridized carbons (Fsp3) is 0.200. The zero-order valence-corrected chi connectivity index (χ0v) is 21.4. The molecular formula is C30H19Cl2N3O3. The molecule has 6 rings (SSSR count). The maximum absolute atomic E-state index is 14.1. The summed E-state index contributed by atoms with van der Waals surface area (Å²) in [6.45, 7) is 0. The van der Waals surface area contributed by atoms with Crippen LogP contribution in [0.1, 0.15) is 41.6 Å². The average molecular weight is 540 g/mol. The molecular weight excluding hydrogens is 521 g/mol. The van der Waals surface area contributed by atoms with Crippen LogP contribution in [0.5, 0.6) is 0 Å². The van der Waals surface area contributed by atoms with E-state index in [1.165, 1.54) is 0 Å². The van der Waals surface area contributed by atoms with Gasteiger partial charge in [0.15, 0.2) is 11.2 Å². The van der Waals surface area contributed by atoms with Crippen molar-refractivity contribution in [3.05, 3.63) is 111 Å². The number of fused-ring (bicyclic) bond motifs is 3. The molecule has 3 aliphatic rings. The first-order valence-corrected chi connectivity index (χ1v) is 12.8. The van der Waals surface area contributed by atoms with Crippen LogP contribution >= 0.6 is 23.2 Å². The van der Waals surface area contributed by atoms with Gasteiger partial charge in [-0.25, -0.2) is 0 Å². The second-order valence-corrected chi connectivity index (χ2v) is 10.4. The summed E-state index contributed by atoms with van der Waals surface area (Å²) in [5, 5.41) is 25.2. The number of Topliss-reactive ketones (excluding diaryl/α,β-unsaturated/α-hetero) is 1. The van der Waals surface area contributed by atoms with Crippen molar-refractivity contribution in [3.8, 4) is 12.1 Å². The molecule has 3 aromatic carbocycles. The van der Waals surface area contributed by atoms with E-state index in [2.05, 4.69) is 17.5 Å². The summed E-state index contributed by atoms with van der Waals surface area (Å²) in [4.78, 5) is 28.2. The van der Waals surface area contributed by atoms with E-state index in [0.717, 1.165) is 0 Å². The fourth-order valence-corrected chi connectivity index (χ4v) is 6.84. The minimum absolute atomic E-state index is 0.0318. The fourth-order valence-electron chi connectivity index (χ4n) is 6.32. The molecule has 38 heavy (non-hydrogen) atoms. The first-order valence-electron chi connectivity index (χ1n) is 12.0. The summed E-state index contributed by atoms with van der Waals surface area (Å²) >= 11 is 13.1. The molecule has 1 aliphatic carbocycles. The number of nitrogens with one attached hydrogen (secondary N) is 1. The van der Waals surface area contributed by atoms with E-state index < -0.39 is 28.8 Å². The Morgan fingerprint density at radius 2 is 1.45 bits per heavy atom. The zero-order chi connectivity index (χ0) is 26.7. The first-order chi connectivity index (χ1) is 18.4. The number of nitrogens with zero attached hydrogens (tertiary/aromatic N) is 2. The number of anilines is 1. The number of rotatable bonds is 2. The number of carbonyl (C=O) groups is 2. The lowest BCUT2D eigenvalue weighted by atomic mass is 9.47. The first kappa shape index (κ1) is 24.2. The largest absolute Gasteiger partial charge is 0.489 e. The van der Waals surface area contributed by atoms with Crippen molar-refractivity contribution in [2.75, 3.05) is 5.32 Å². The minimum atomic E-state index is -2.00. The molecule has 3 aromatic rings. The van der Waals surface area contributed by atoms with Crippen molar-refractivity contribution >= 4 is 40.6 Å². The Balaban J connectivity index is 1.68. The van der Waals surface area contributed by atoms with Crippen molar-refractivity contribution in [2.24, 2.45) is 5.41 Å². The number of ether oxygens (including phenoxy) is 1. The maximum atomic E-state index is 14.1.